The average molecular weight is 290 g/mol. The van der Waals surface area contributed by atoms with E-state index in [1.165, 1.54) is 64.6 Å². The minimum atomic E-state index is 0.415. The predicted octanol–water partition coefficient (Wildman–Crippen LogP) is 2.66. The van der Waals surface area contributed by atoms with E-state index < -0.39 is 0 Å². The normalized spacial score (nSPS) is 26.8. The minimum Gasteiger partial charge on any atom is -0.337 e. The van der Waals surface area contributed by atoms with Gasteiger partial charge in [0.15, 0.2) is 0 Å². The van der Waals surface area contributed by atoms with E-state index in [1.807, 2.05) is 12.5 Å². The lowest BCUT2D eigenvalue weighted by Crippen LogP contribution is -2.53. The monoisotopic (exact) mass is 290 g/mol. The molecule has 1 aromatic heterocycles. The van der Waals surface area contributed by atoms with E-state index >= 15 is 0 Å². The molecule has 0 amide bonds. The Kier molecular flexibility index (Phi) is 4.96. The number of nitrogens with zero attached hydrogens (tertiary/aromatic N) is 3. The highest BCUT2D eigenvalue weighted by molar-refractivity contribution is 4.96. The zero-order chi connectivity index (χ0) is 14.5. The number of imidazole rings is 1. The first-order valence-electron chi connectivity index (χ1n) is 8.72. The molecule has 1 N–H and O–H groups in total. The summed E-state index contributed by atoms with van der Waals surface area (Å²) in [6.45, 7) is 7.14. The Hall–Kier alpha value is -0.870. The van der Waals surface area contributed by atoms with E-state index in [0.717, 1.165) is 6.54 Å². The van der Waals surface area contributed by atoms with Gasteiger partial charge in [0.25, 0.3) is 0 Å². The molecule has 3 rings (SSSR count). The zero-order valence-electron chi connectivity index (χ0n) is 13.4. The van der Waals surface area contributed by atoms with Crippen molar-refractivity contribution in [2.24, 2.45) is 0 Å². The van der Waals surface area contributed by atoms with Gasteiger partial charge < -0.3 is 9.88 Å². The molecule has 2 aliphatic rings. The van der Waals surface area contributed by atoms with E-state index in [0.29, 0.717) is 11.6 Å². The van der Waals surface area contributed by atoms with Crippen LogP contribution in [0.2, 0.25) is 0 Å². The molecule has 0 bridgehead atoms. The zero-order valence-corrected chi connectivity index (χ0v) is 13.4. The average Bonchev–Trinajstić information content (AvgIpc) is 2.95. The summed E-state index contributed by atoms with van der Waals surface area (Å²) in [5.41, 5.74) is 0.415. The second kappa shape index (κ2) is 6.93. The highest BCUT2D eigenvalue weighted by Gasteiger charge is 2.36. The fraction of sp³-hybridized carbons (Fsp3) is 0.824. The van der Waals surface area contributed by atoms with Crippen LogP contribution < -0.4 is 5.32 Å². The smallest absolute Gasteiger partial charge is 0.0945 e. The lowest BCUT2D eigenvalue weighted by molar-refractivity contribution is 0.135. The number of hydrogen-bond acceptors (Lipinski definition) is 3. The van der Waals surface area contributed by atoms with Crippen molar-refractivity contribution >= 4 is 0 Å². The van der Waals surface area contributed by atoms with Crippen molar-refractivity contribution in [1.82, 2.24) is 19.8 Å². The molecule has 1 saturated carbocycles. The molecule has 1 saturated heterocycles. The third-order valence-corrected chi connectivity index (χ3v) is 5.42. The number of rotatable bonds is 4. The first-order valence-corrected chi connectivity index (χ1v) is 8.72. The molecule has 0 radical (unpaired) electrons. The first kappa shape index (κ1) is 15.0. The van der Waals surface area contributed by atoms with Crippen molar-refractivity contribution in [3.8, 4) is 0 Å². The van der Waals surface area contributed by atoms with Crippen LogP contribution in [-0.4, -0.2) is 45.7 Å². The Labute approximate surface area is 128 Å². The molecule has 0 aromatic carbocycles. The number of aryl methyl sites for hydroxylation is 1. The SMILES string of the molecule is CC1CCNC2(CCCCC2)CN1CCCn1ccnc1. The topological polar surface area (TPSA) is 33.1 Å². The number of aromatic nitrogens is 2. The Morgan fingerprint density at radius 2 is 2.10 bits per heavy atom. The highest BCUT2D eigenvalue weighted by atomic mass is 15.2. The maximum atomic E-state index is 4.13. The van der Waals surface area contributed by atoms with Gasteiger partial charge in [-0.05, 0) is 39.2 Å². The molecule has 1 aromatic rings. The van der Waals surface area contributed by atoms with E-state index in [2.05, 4.69) is 32.9 Å². The Morgan fingerprint density at radius 3 is 2.86 bits per heavy atom. The summed E-state index contributed by atoms with van der Waals surface area (Å²) in [4.78, 5) is 6.86. The van der Waals surface area contributed by atoms with Crippen LogP contribution in [0.4, 0.5) is 0 Å². The maximum absolute atomic E-state index is 4.13. The van der Waals surface area contributed by atoms with Gasteiger partial charge in [0.2, 0.25) is 0 Å². The highest BCUT2D eigenvalue weighted by Crippen LogP contribution is 2.31. The van der Waals surface area contributed by atoms with E-state index in [9.17, 15) is 0 Å². The van der Waals surface area contributed by atoms with E-state index in [-0.39, 0.29) is 0 Å². The first-order chi connectivity index (χ1) is 10.3. The molecule has 118 valence electrons. The standard InChI is InChI=1S/C17H30N4/c1-16-6-9-19-17(7-3-2-4-8-17)14-21(16)12-5-11-20-13-10-18-15-20/h10,13,15-16,19H,2-9,11-12,14H2,1H3. The van der Waals surface area contributed by atoms with Gasteiger partial charge in [-0.1, -0.05) is 19.3 Å². The van der Waals surface area contributed by atoms with Gasteiger partial charge in [0.1, 0.15) is 0 Å². The molecule has 1 atom stereocenters. The third-order valence-electron chi connectivity index (χ3n) is 5.42. The van der Waals surface area contributed by atoms with Crippen LogP contribution in [0.15, 0.2) is 18.7 Å². The molecule has 1 aliphatic heterocycles. The molecule has 4 nitrogen and oxygen atoms in total. The quantitative estimate of drug-likeness (QED) is 0.925. The van der Waals surface area contributed by atoms with Crippen LogP contribution in [0.5, 0.6) is 0 Å². The molecule has 2 heterocycles. The van der Waals surface area contributed by atoms with Crippen LogP contribution in [0.25, 0.3) is 0 Å². The molecule has 1 spiro atoms. The van der Waals surface area contributed by atoms with Crippen LogP contribution in [0.3, 0.4) is 0 Å². The van der Waals surface area contributed by atoms with Crippen molar-refractivity contribution in [2.45, 2.75) is 70.0 Å². The van der Waals surface area contributed by atoms with Crippen molar-refractivity contribution in [3.63, 3.8) is 0 Å². The lowest BCUT2D eigenvalue weighted by Gasteiger charge is -2.41. The van der Waals surface area contributed by atoms with Gasteiger partial charge in [-0.2, -0.15) is 0 Å². The summed E-state index contributed by atoms with van der Waals surface area (Å²) in [5, 5.41) is 3.90. The largest absolute Gasteiger partial charge is 0.337 e. The molecule has 1 aliphatic carbocycles. The number of nitrogens with one attached hydrogen (secondary N) is 1. The van der Waals surface area contributed by atoms with Crippen molar-refractivity contribution in [2.75, 3.05) is 19.6 Å². The molecule has 2 fully saturated rings. The second-order valence-corrected chi connectivity index (χ2v) is 7.03. The predicted molar refractivity (Wildman–Crippen MR) is 86.3 cm³/mol. The fourth-order valence-electron chi connectivity index (χ4n) is 4.07. The van der Waals surface area contributed by atoms with Crippen LogP contribution in [0, 0.1) is 0 Å². The third kappa shape index (κ3) is 3.86. The van der Waals surface area contributed by atoms with Gasteiger partial charge >= 0.3 is 0 Å². The lowest BCUT2D eigenvalue weighted by atomic mass is 9.81. The summed E-state index contributed by atoms with van der Waals surface area (Å²) in [7, 11) is 0. The molecule has 4 heteroatoms. The van der Waals surface area contributed by atoms with Crippen LogP contribution in [0.1, 0.15) is 51.9 Å². The minimum absolute atomic E-state index is 0.415. The molecular formula is C17H30N4. The summed E-state index contributed by atoms with van der Waals surface area (Å²) < 4.78 is 2.19. The summed E-state index contributed by atoms with van der Waals surface area (Å²) >= 11 is 0. The van der Waals surface area contributed by atoms with Gasteiger partial charge in [-0.15, -0.1) is 0 Å². The molecular weight excluding hydrogens is 260 g/mol. The van der Waals surface area contributed by atoms with Crippen molar-refractivity contribution in [3.05, 3.63) is 18.7 Å². The van der Waals surface area contributed by atoms with Crippen LogP contribution in [-0.2, 0) is 6.54 Å². The van der Waals surface area contributed by atoms with Gasteiger partial charge in [-0.3, -0.25) is 4.90 Å². The van der Waals surface area contributed by atoms with Crippen molar-refractivity contribution < 1.29 is 0 Å². The Balaban J connectivity index is 1.55. The van der Waals surface area contributed by atoms with E-state index in [4.69, 9.17) is 0 Å². The van der Waals surface area contributed by atoms with Gasteiger partial charge in [-0.25, -0.2) is 4.98 Å². The summed E-state index contributed by atoms with van der Waals surface area (Å²) in [5.74, 6) is 0. The molecule has 21 heavy (non-hydrogen) atoms. The molecule has 1 unspecified atom stereocenters. The number of hydrogen-bond donors (Lipinski definition) is 1. The summed E-state index contributed by atoms with van der Waals surface area (Å²) in [6.07, 6.45) is 15.4. The fourth-order valence-corrected chi connectivity index (χ4v) is 4.07. The van der Waals surface area contributed by atoms with E-state index in [1.54, 1.807) is 0 Å². The Bertz CT molecular complexity index is 408. The van der Waals surface area contributed by atoms with Crippen molar-refractivity contribution in [1.29, 1.82) is 0 Å². The van der Waals surface area contributed by atoms with Gasteiger partial charge in [0.05, 0.1) is 6.33 Å². The summed E-state index contributed by atoms with van der Waals surface area (Å²) in [6, 6.07) is 0.710. The van der Waals surface area contributed by atoms with Gasteiger partial charge in [0, 0.05) is 43.6 Å². The second-order valence-electron chi connectivity index (χ2n) is 7.03. The maximum Gasteiger partial charge on any atom is 0.0945 e. The van der Waals surface area contributed by atoms with Crippen LogP contribution >= 0.6 is 0 Å². The Morgan fingerprint density at radius 1 is 1.24 bits per heavy atom.